The molecule has 1 unspecified atom stereocenters. The maximum absolute atomic E-state index is 9.83. The molecule has 0 amide bonds. The third kappa shape index (κ3) is 2.44. The molecule has 0 fully saturated rings. The van der Waals surface area contributed by atoms with E-state index < -0.39 is 0 Å². The molecule has 1 aliphatic rings. The average Bonchev–Trinajstić information content (AvgIpc) is 2.55. The minimum Gasteiger partial charge on any atom is -0.504 e. The van der Waals surface area contributed by atoms with E-state index in [1.165, 1.54) is 0 Å². The zero-order chi connectivity index (χ0) is 15.7. The van der Waals surface area contributed by atoms with E-state index in [4.69, 9.17) is 9.47 Å². The van der Waals surface area contributed by atoms with E-state index >= 15 is 0 Å². The maximum atomic E-state index is 9.83. The fourth-order valence-electron chi connectivity index (χ4n) is 2.93. The van der Waals surface area contributed by atoms with Crippen molar-refractivity contribution in [2.24, 2.45) is 0 Å². The van der Waals surface area contributed by atoms with Crippen LogP contribution in [0.2, 0.25) is 0 Å². The average molecular weight is 301 g/mol. The molecule has 0 spiro atoms. The molecule has 0 aromatic heterocycles. The second kappa shape index (κ2) is 5.77. The van der Waals surface area contributed by atoms with E-state index in [1.807, 2.05) is 18.2 Å². The van der Waals surface area contributed by atoms with Crippen molar-refractivity contribution in [2.45, 2.75) is 12.5 Å². The van der Waals surface area contributed by atoms with Crippen LogP contribution in [0.15, 0.2) is 30.3 Å². The van der Waals surface area contributed by atoms with E-state index in [0.717, 1.165) is 41.2 Å². The monoisotopic (exact) mass is 301 g/mol. The number of phenols is 2. The first kappa shape index (κ1) is 14.5. The van der Waals surface area contributed by atoms with Gasteiger partial charge < -0.3 is 25.0 Å². The van der Waals surface area contributed by atoms with Crippen LogP contribution < -0.4 is 14.8 Å². The van der Waals surface area contributed by atoms with E-state index in [1.54, 1.807) is 26.4 Å². The van der Waals surface area contributed by atoms with E-state index in [0.29, 0.717) is 0 Å². The number of methoxy groups -OCH3 is 2. The van der Waals surface area contributed by atoms with Crippen LogP contribution in [0, 0.1) is 0 Å². The Balaban J connectivity index is 2.13. The van der Waals surface area contributed by atoms with Gasteiger partial charge in [-0.25, -0.2) is 0 Å². The van der Waals surface area contributed by atoms with Crippen molar-refractivity contribution in [1.82, 2.24) is 5.32 Å². The molecular formula is C17H19NO4. The number of hydrogen-bond acceptors (Lipinski definition) is 5. The van der Waals surface area contributed by atoms with Gasteiger partial charge in [-0.1, -0.05) is 0 Å². The molecule has 2 aromatic rings. The number of phenolic OH excluding ortho intramolecular Hbond substituents is 2. The number of nitrogens with one attached hydrogen (secondary N) is 1. The topological polar surface area (TPSA) is 71.0 Å². The number of hydrogen-bond donors (Lipinski definition) is 3. The van der Waals surface area contributed by atoms with Crippen LogP contribution in [-0.2, 0) is 6.42 Å². The van der Waals surface area contributed by atoms with E-state index in [9.17, 15) is 10.2 Å². The number of rotatable bonds is 3. The summed E-state index contributed by atoms with van der Waals surface area (Å²) in [4.78, 5) is 0. The molecule has 0 saturated heterocycles. The Bertz CT molecular complexity index is 699. The molecular weight excluding hydrogens is 282 g/mol. The minimum absolute atomic E-state index is 0.0861. The van der Waals surface area contributed by atoms with Gasteiger partial charge in [-0.3, -0.25) is 0 Å². The molecule has 116 valence electrons. The molecule has 2 aromatic carbocycles. The highest BCUT2D eigenvalue weighted by atomic mass is 16.5. The molecule has 3 N–H and O–H groups in total. The summed E-state index contributed by atoms with van der Waals surface area (Å²) in [6.07, 6.45) is 0.798. The summed E-state index contributed by atoms with van der Waals surface area (Å²) < 4.78 is 10.8. The lowest BCUT2D eigenvalue weighted by atomic mass is 9.89. The Morgan fingerprint density at radius 3 is 2.50 bits per heavy atom. The zero-order valence-corrected chi connectivity index (χ0v) is 12.6. The summed E-state index contributed by atoms with van der Waals surface area (Å²) in [6.45, 7) is 0.780. The van der Waals surface area contributed by atoms with Crippen LogP contribution in [0.5, 0.6) is 23.0 Å². The van der Waals surface area contributed by atoms with Gasteiger partial charge in [0.15, 0.2) is 11.5 Å². The first-order chi connectivity index (χ1) is 10.6. The highest BCUT2D eigenvalue weighted by Crippen LogP contribution is 2.39. The van der Waals surface area contributed by atoms with Crippen LogP contribution in [-0.4, -0.2) is 31.0 Å². The summed E-state index contributed by atoms with van der Waals surface area (Å²) in [5, 5.41) is 23.0. The summed E-state index contributed by atoms with van der Waals surface area (Å²) in [7, 11) is 3.25. The Morgan fingerprint density at radius 1 is 1.00 bits per heavy atom. The Morgan fingerprint density at radius 2 is 1.77 bits per heavy atom. The molecule has 1 heterocycles. The molecule has 0 saturated carbocycles. The number of fused-ring (bicyclic) bond motifs is 1. The third-order valence-electron chi connectivity index (χ3n) is 4.04. The summed E-state index contributed by atoms with van der Waals surface area (Å²) in [5.74, 6) is 1.29. The minimum atomic E-state index is -0.125. The largest absolute Gasteiger partial charge is 0.504 e. The molecule has 1 atom stereocenters. The predicted octanol–water partition coefficient (Wildman–Crippen LogP) is 2.35. The maximum Gasteiger partial charge on any atom is 0.157 e. The SMILES string of the molecule is COc1ccc(OC)c(C2NCCc3cc(O)c(O)cc32)c1. The van der Waals surface area contributed by atoms with Crippen LogP contribution in [0.1, 0.15) is 22.7 Å². The molecule has 5 heteroatoms. The van der Waals surface area contributed by atoms with Gasteiger partial charge in [0.25, 0.3) is 0 Å². The third-order valence-corrected chi connectivity index (χ3v) is 4.04. The molecule has 3 rings (SSSR count). The molecule has 0 aliphatic carbocycles. The van der Waals surface area contributed by atoms with Gasteiger partial charge in [-0.15, -0.1) is 0 Å². The second-order valence-electron chi connectivity index (χ2n) is 5.28. The summed E-state index contributed by atoms with van der Waals surface area (Å²) >= 11 is 0. The second-order valence-corrected chi connectivity index (χ2v) is 5.28. The lowest BCUT2D eigenvalue weighted by molar-refractivity contribution is 0.389. The van der Waals surface area contributed by atoms with Crippen LogP contribution in [0.4, 0.5) is 0 Å². The normalized spacial score (nSPS) is 16.9. The lowest BCUT2D eigenvalue weighted by Crippen LogP contribution is -2.30. The highest BCUT2D eigenvalue weighted by Gasteiger charge is 2.26. The van der Waals surface area contributed by atoms with Crippen molar-refractivity contribution in [3.8, 4) is 23.0 Å². The van der Waals surface area contributed by atoms with Gasteiger partial charge in [0.1, 0.15) is 11.5 Å². The van der Waals surface area contributed by atoms with Crippen molar-refractivity contribution in [3.05, 3.63) is 47.0 Å². The first-order valence-electron chi connectivity index (χ1n) is 7.14. The molecule has 0 bridgehead atoms. The summed E-state index contributed by atoms with van der Waals surface area (Å²) in [5.41, 5.74) is 2.89. The predicted molar refractivity (Wildman–Crippen MR) is 82.9 cm³/mol. The van der Waals surface area contributed by atoms with Crippen LogP contribution in [0.25, 0.3) is 0 Å². The lowest BCUT2D eigenvalue weighted by Gasteiger charge is -2.29. The fourth-order valence-corrected chi connectivity index (χ4v) is 2.93. The van der Waals surface area contributed by atoms with Crippen molar-refractivity contribution in [3.63, 3.8) is 0 Å². The Hall–Kier alpha value is -2.40. The zero-order valence-electron chi connectivity index (χ0n) is 12.6. The number of benzene rings is 2. The highest BCUT2D eigenvalue weighted by molar-refractivity contribution is 5.53. The fraction of sp³-hybridized carbons (Fsp3) is 0.294. The van der Waals surface area contributed by atoms with E-state index in [2.05, 4.69) is 5.32 Å². The van der Waals surface area contributed by atoms with E-state index in [-0.39, 0.29) is 17.5 Å². The van der Waals surface area contributed by atoms with Crippen molar-refractivity contribution in [2.75, 3.05) is 20.8 Å². The van der Waals surface area contributed by atoms with Gasteiger partial charge in [0, 0.05) is 12.1 Å². The van der Waals surface area contributed by atoms with Crippen molar-refractivity contribution in [1.29, 1.82) is 0 Å². The van der Waals surface area contributed by atoms with Gasteiger partial charge >= 0.3 is 0 Å². The van der Waals surface area contributed by atoms with Gasteiger partial charge in [-0.05, 0) is 47.9 Å². The quantitative estimate of drug-likeness (QED) is 0.759. The smallest absolute Gasteiger partial charge is 0.157 e. The molecule has 22 heavy (non-hydrogen) atoms. The Kier molecular flexibility index (Phi) is 3.81. The summed E-state index contributed by atoms with van der Waals surface area (Å²) in [6, 6.07) is 8.76. The Labute approximate surface area is 129 Å². The van der Waals surface area contributed by atoms with Gasteiger partial charge in [0.05, 0.1) is 20.3 Å². The van der Waals surface area contributed by atoms with Crippen molar-refractivity contribution < 1.29 is 19.7 Å². The molecule has 0 radical (unpaired) electrons. The number of ether oxygens (including phenoxy) is 2. The van der Waals surface area contributed by atoms with Crippen LogP contribution >= 0.6 is 0 Å². The molecule has 5 nitrogen and oxygen atoms in total. The van der Waals surface area contributed by atoms with Crippen molar-refractivity contribution >= 4 is 0 Å². The van der Waals surface area contributed by atoms with Gasteiger partial charge in [0.2, 0.25) is 0 Å². The standard InChI is InChI=1S/C17H19NO4/c1-21-11-3-4-16(22-2)13(8-11)17-12-9-15(20)14(19)7-10(12)5-6-18-17/h3-4,7-9,17-20H,5-6H2,1-2H3. The number of aromatic hydroxyl groups is 2. The first-order valence-corrected chi connectivity index (χ1v) is 7.14. The van der Waals surface area contributed by atoms with Crippen LogP contribution in [0.3, 0.4) is 0 Å². The van der Waals surface area contributed by atoms with Gasteiger partial charge in [-0.2, -0.15) is 0 Å². The molecule has 1 aliphatic heterocycles.